The van der Waals surface area contributed by atoms with Gasteiger partial charge in [-0.2, -0.15) is 8.78 Å². The number of halogens is 2. The van der Waals surface area contributed by atoms with Crippen LogP contribution in [0, 0.1) is 5.92 Å². The number of amides is 2. The predicted octanol–water partition coefficient (Wildman–Crippen LogP) is 2.21. The van der Waals surface area contributed by atoms with Crippen LogP contribution in [-0.4, -0.2) is 67.0 Å². The summed E-state index contributed by atoms with van der Waals surface area (Å²) >= 11 is 0. The number of alkyl halides is 2. The van der Waals surface area contributed by atoms with Crippen LogP contribution < -0.4 is 10.1 Å². The van der Waals surface area contributed by atoms with Crippen molar-refractivity contribution in [2.24, 2.45) is 5.92 Å². The van der Waals surface area contributed by atoms with Crippen molar-refractivity contribution >= 4 is 11.8 Å². The van der Waals surface area contributed by atoms with Gasteiger partial charge in [0.05, 0.1) is 12.1 Å². The van der Waals surface area contributed by atoms with Crippen molar-refractivity contribution < 1.29 is 23.1 Å². The molecule has 2 amide bonds. The van der Waals surface area contributed by atoms with E-state index in [1.54, 1.807) is 17.0 Å². The van der Waals surface area contributed by atoms with E-state index in [9.17, 15) is 18.4 Å². The Morgan fingerprint density at radius 2 is 1.74 bits per heavy atom. The van der Waals surface area contributed by atoms with Crippen molar-refractivity contribution in [1.82, 2.24) is 15.1 Å². The van der Waals surface area contributed by atoms with Gasteiger partial charge in [-0.15, -0.1) is 0 Å². The highest BCUT2D eigenvalue weighted by Crippen LogP contribution is 2.22. The van der Waals surface area contributed by atoms with Crippen molar-refractivity contribution in [3.8, 4) is 5.75 Å². The summed E-state index contributed by atoms with van der Waals surface area (Å²) in [4.78, 5) is 28.3. The molecule has 1 saturated heterocycles. The van der Waals surface area contributed by atoms with Crippen LogP contribution in [0.15, 0.2) is 24.3 Å². The smallest absolute Gasteiger partial charge is 0.387 e. The Labute approximate surface area is 158 Å². The van der Waals surface area contributed by atoms with Crippen molar-refractivity contribution in [2.45, 2.75) is 33.4 Å². The topological polar surface area (TPSA) is 61.9 Å². The molecule has 1 unspecified atom stereocenters. The van der Waals surface area contributed by atoms with E-state index in [-0.39, 0.29) is 35.7 Å². The van der Waals surface area contributed by atoms with Crippen LogP contribution in [0.3, 0.4) is 0 Å². The van der Waals surface area contributed by atoms with E-state index in [2.05, 4.69) is 10.1 Å². The minimum Gasteiger partial charge on any atom is -0.434 e. The van der Waals surface area contributed by atoms with E-state index in [0.29, 0.717) is 32.1 Å². The monoisotopic (exact) mass is 383 g/mol. The maximum atomic E-state index is 12.7. The summed E-state index contributed by atoms with van der Waals surface area (Å²) in [6.07, 6.45) is 0. The highest BCUT2D eigenvalue weighted by Gasteiger charge is 2.26. The van der Waals surface area contributed by atoms with E-state index < -0.39 is 6.61 Å². The molecule has 0 aromatic heterocycles. The number of nitrogens with one attached hydrogen (secondary N) is 1. The van der Waals surface area contributed by atoms with Crippen LogP contribution in [0.4, 0.5) is 8.78 Å². The summed E-state index contributed by atoms with van der Waals surface area (Å²) in [7, 11) is 0. The molecule has 1 aliphatic heterocycles. The number of piperazine rings is 1. The first-order valence-electron chi connectivity index (χ1n) is 9.12. The molecular formula is C19H27F2N3O3. The first kappa shape index (κ1) is 21.1. The number of carbonyl (C=O) groups is 2. The molecule has 0 bridgehead atoms. The van der Waals surface area contributed by atoms with Crippen molar-refractivity contribution in [1.29, 1.82) is 0 Å². The number of hydrogen-bond acceptors (Lipinski definition) is 4. The number of benzene rings is 1. The molecule has 0 saturated carbocycles. The van der Waals surface area contributed by atoms with E-state index >= 15 is 0 Å². The Hall–Kier alpha value is -2.22. The SMILES string of the molecule is CC(C)C(C)NC(=O)CN1CCN(C(=O)c2ccccc2OC(F)F)CC1. The Morgan fingerprint density at radius 3 is 2.33 bits per heavy atom. The number of hydrogen-bond donors (Lipinski definition) is 1. The number of nitrogens with zero attached hydrogens (tertiary/aromatic N) is 2. The fraction of sp³-hybridized carbons (Fsp3) is 0.579. The Balaban J connectivity index is 1.89. The van der Waals surface area contributed by atoms with Gasteiger partial charge in [-0.1, -0.05) is 26.0 Å². The molecule has 0 radical (unpaired) electrons. The van der Waals surface area contributed by atoms with Gasteiger partial charge in [-0.05, 0) is 25.0 Å². The van der Waals surface area contributed by atoms with Crippen LogP contribution in [0.25, 0.3) is 0 Å². The van der Waals surface area contributed by atoms with Gasteiger partial charge in [0.15, 0.2) is 0 Å². The zero-order valence-corrected chi connectivity index (χ0v) is 16.0. The maximum Gasteiger partial charge on any atom is 0.387 e. The number of rotatable bonds is 7. The van der Waals surface area contributed by atoms with Gasteiger partial charge >= 0.3 is 6.61 Å². The van der Waals surface area contributed by atoms with E-state index in [1.807, 2.05) is 25.7 Å². The van der Waals surface area contributed by atoms with Gasteiger partial charge < -0.3 is 15.0 Å². The molecular weight excluding hydrogens is 356 g/mol. The summed E-state index contributed by atoms with van der Waals surface area (Å²) < 4.78 is 29.5. The highest BCUT2D eigenvalue weighted by molar-refractivity contribution is 5.97. The van der Waals surface area contributed by atoms with Crippen LogP contribution >= 0.6 is 0 Å². The van der Waals surface area contributed by atoms with Crippen molar-refractivity contribution in [3.05, 3.63) is 29.8 Å². The Morgan fingerprint density at radius 1 is 1.11 bits per heavy atom. The van der Waals surface area contributed by atoms with Crippen LogP contribution in [-0.2, 0) is 4.79 Å². The lowest BCUT2D eigenvalue weighted by molar-refractivity contribution is -0.123. The van der Waals surface area contributed by atoms with Crippen LogP contribution in [0.5, 0.6) is 5.75 Å². The van der Waals surface area contributed by atoms with Gasteiger partial charge in [0.2, 0.25) is 5.91 Å². The second kappa shape index (κ2) is 9.64. The molecule has 1 N–H and O–H groups in total. The molecule has 27 heavy (non-hydrogen) atoms. The number of para-hydroxylation sites is 1. The van der Waals surface area contributed by atoms with Crippen molar-refractivity contribution in [2.75, 3.05) is 32.7 Å². The van der Waals surface area contributed by atoms with Gasteiger partial charge in [0.1, 0.15) is 5.75 Å². The first-order valence-corrected chi connectivity index (χ1v) is 9.12. The molecule has 8 heteroatoms. The van der Waals surface area contributed by atoms with Gasteiger partial charge in [-0.25, -0.2) is 0 Å². The summed E-state index contributed by atoms with van der Waals surface area (Å²) in [5.74, 6) is -0.142. The number of carbonyl (C=O) groups excluding carboxylic acids is 2. The lowest BCUT2D eigenvalue weighted by Crippen LogP contribution is -2.52. The lowest BCUT2D eigenvalue weighted by atomic mass is 10.1. The van der Waals surface area contributed by atoms with E-state index in [4.69, 9.17) is 0 Å². The Kier molecular flexibility index (Phi) is 7.53. The molecule has 1 atom stereocenters. The first-order chi connectivity index (χ1) is 12.8. The fourth-order valence-corrected chi connectivity index (χ4v) is 2.79. The third kappa shape index (κ3) is 6.16. The van der Waals surface area contributed by atoms with Gasteiger partial charge in [0, 0.05) is 32.2 Å². The van der Waals surface area contributed by atoms with E-state index in [0.717, 1.165) is 0 Å². The maximum absolute atomic E-state index is 12.7. The predicted molar refractivity (Wildman–Crippen MR) is 97.9 cm³/mol. The lowest BCUT2D eigenvalue weighted by Gasteiger charge is -2.34. The second-order valence-electron chi connectivity index (χ2n) is 7.04. The molecule has 6 nitrogen and oxygen atoms in total. The average Bonchev–Trinajstić information content (AvgIpc) is 2.61. The van der Waals surface area contributed by atoms with Gasteiger partial charge in [0.25, 0.3) is 5.91 Å². The second-order valence-corrected chi connectivity index (χ2v) is 7.04. The summed E-state index contributed by atoms with van der Waals surface area (Å²) in [5, 5.41) is 2.96. The summed E-state index contributed by atoms with van der Waals surface area (Å²) in [5.41, 5.74) is 0.120. The third-order valence-corrected chi connectivity index (χ3v) is 4.75. The van der Waals surface area contributed by atoms with E-state index in [1.165, 1.54) is 12.1 Å². The molecule has 1 heterocycles. The zero-order valence-electron chi connectivity index (χ0n) is 16.0. The fourth-order valence-electron chi connectivity index (χ4n) is 2.79. The van der Waals surface area contributed by atoms with Gasteiger partial charge in [-0.3, -0.25) is 14.5 Å². The molecule has 1 aromatic carbocycles. The molecule has 0 spiro atoms. The highest BCUT2D eigenvalue weighted by atomic mass is 19.3. The standard InChI is InChI=1S/C19H27F2N3O3/c1-13(2)14(3)22-17(25)12-23-8-10-24(11-9-23)18(26)15-6-4-5-7-16(15)27-19(20)21/h4-7,13-14,19H,8-12H2,1-3H3,(H,22,25). The zero-order chi connectivity index (χ0) is 20.0. The number of ether oxygens (including phenoxy) is 1. The normalized spacial score (nSPS) is 16.5. The largest absolute Gasteiger partial charge is 0.434 e. The molecule has 1 fully saturated rings. The molecule has 2 rings (SSSR count). The Bertz CT molecular complexity index is 647. The molecule has 0 aliphatic carbocycles. The summed E-state index contributed by atoms with van der Waals surface area (Å²) in [6, 6.07) is 6.10. The average molecular weight is 383 g/mol. The quantitative estimate of drug-likeness (QED) is 0.784. The molecule has 1 aromatic rings. The van der Waals surface area contributed by atoms with Crippen LogP contribution in [0.1, 0.15) is 31.1 Å². The minimum absolute atomic E-state index is 0.0355. The summed E-state index contributed by atoms with van der Waals surface area (Å²) in [6.45, 7) is 5.31. The third-order valence-electron chi connectivity index (χ3n) is 4.75. The van der Waals surface area contributed by atoms with Crippen LogP contribution in [0.2, 0.25) is 0 Å². The molecule has 1 aliphatic rings. The van der Waals surface area contributed by atoms with Crippen molar-refractivity contribution in [3.63, 3.8) is 0 Å². The minimum atomic E-state index is -2.98. The molecule has 150 valence electrons.